The summed E-state index contributed by atoms with van der Waals surface area (Å²) in [5.74, 6) is 0. The van der Waals surface area contributed by atoms with Crippen molar-refractivity contribution in [3.63, 3.8) is 0 Å². The van der Waals surface area contributed by atoms with Crippen molar-refractivity contribution in [2.75, 3.05) is 25.0 Å². The minimum Gasteiger partial charge on any atom is -0.330 e. The van der Waals surface area contributed by atoms with Crippen molar-refractivity contribution in [2.24, 2.45) is 5.73 Å². The van der Waals surface area contributed by atoms with Crippen LogP contribution in [0.2, 0.25) is 0 Å². The molecule has 0 aliphatic carbocycles. The quantitative estimate of drug-likeness (QED) is 0.363. The fourth-order valence-corrected chi connectivity index (χ4v) is 7.90. The third kappa shape index (κ3) is 9.70. The standard InChI is InChI=1S/C17H39NP2/c1-15(2)19(14-11-18)12-9-7-8-10-13-20(16(3)4)17(5)6/h15-17H,7-14,18H2,1-6H3. The summed E-state index contributed by atoms with van der Waals surface area (Å²) in [4.78, 5) is 0. The van der Waals surface area contributed by atoms with Crippen LogP contribution in [0.4, 0.5) is 0 Å². The van der Waals surface area contributed by atoms with E-state index in [1.807, 2.05) is 0 Å². The molecular weight excluding hydrogens is 280 g/mol. The van der Waals surface area contributed by atoms with Gasteiger partial charge in [-0.2, -0.15) is 0 Å². The Kier molecular flexibility index (Phi) is 12.9. The van der Waals surface area contributed by atoms with Gasteiger partial charge in [-0.1, -0.05) is 54.4 Å². The molecule has 0 saturated heterocycles. The molecule has 0 fully saturated rings. The summed E-state index contributed by atoms with van der Waals surface area (Å²) in [5.41, 5.74) is 8.40. The fourth-order valence-electron chi connectivity index (χ4n) is 2.87. The van der Waals surface area contributed by atoms with Crippen LogP contribution >= 0.6 is 15.8 Å². The van der Waals surface area contributed by atoms with Crippen molar-refractivity contribution in [1.29, 1.82) is 0 Å². The van der Waals surface area contributed by atoms with E-state index >= 15 is 0 Å². The van der Waals surface area contributed by atoms with Crippen molar-refractivity contribution < 1.29 is 0 Å². The zero-order valence-corrected chi connectivity index (χ0v) is 16.6. The molecule has 2 N–H and O–H groups in total. The summed E-state index contributed by atoms with van der Waals surface area (Å²) in [5, 5.41) is 0. The molecule has 1 nitrogen and oxygen atoms in total. The van der Waals surface area contributed by atoms with E-state index in [1.54, 1.807) is 0 Å². The lowest BCUT2D eigenvalue weighted by Gasteiger charge is -2.25. The molecule has 0 aliphatic heterocycles. The van der Waals surface area contributed by atoms with Crippen LogP contribution in [-0.2, 0) is 0 Å². The van der Waals surface area contributed by atoms with Gasteiger partial charge in [-0.25, -0.2) is 0 Å². The average Bonchev–Trinajstić information content (AvgIpc) is 2.35. The second-order valence-electron chi connectivity index (χ2n) is 6.76. The summed E-state index contributed by atoms with van der Waals surface area (Å²) in [7, 11) is 0.465. The smallest absolute Gasteiger partial charge is 0.00378 e. The van der Waals surface area contributed by atoms with Crippen molar-refractivity contribution in [3.8, 4) is 0 Å². The lowest BCUT2D eigenvalue weighted by Crippen LogP contribution is -2.10. The molecule has 1 unspecified atom stereocenters. The normalized spacial score (nSPS) is 13.9. The van der Waals surface area contributed by atoms with Crippen molar-refractivity contribution >= 4 is 15.8 Å². The molecule has 1 atom stereocenters. The monoisotopic (exact) mass is 319 g/mol. The molecule has 122 valence electrons. The van der Waals surface area contributed by atoms with Crippen LogP contribution in [0.1, 0.15) is 67.2 Å². The molecule has 0 rings (SSSR count). The van der Waals surface area contributed by atoms with Crippen LogP contribution in [0, 0.1) is 0 Å². The Morgan fingerprint density at radius 3 is 1.55 bits per heavy atom. The second kappa shape index (κ2) is 12.4. The van der Waals surface area contributed by atoms with Gasteiger partial charge in [0.15, 0.2) is 0 Å². The maximum atomic E-state index is 5.73. The van der Waals surface area contributed by atoms with Gasteiger partial charge in [0.2, 0.25) is 0 Å². The highest BCUT2D eigenvalue weighted by atomic mass is 31.1. The molecule has 0 aliphatic rings. The summed E-state index contributed by atoms with van der Waals surface area (Å²) < 4.78 is 0. The highest BCUT2D eigenvalue weighted by Gasteiger charge is 2.15. The topological polar surface area (TPSA) is 26.0 Å². The Balaban J connectivity index is 3.70. The maximum Gasteiger partial charge on any atom is -0.00378 e. The van der Waals surface area contributed by atoms with Gasteiger partial charge >= 0.3 is 0 Å². The molecule has 0 aromatic heterocycles. The first-order valence-electron chi connectivity index (χ1n) is 8.60. The molecule has 20 heavy (non-hydrogen) atoms. The van der Waals surface area contributed by atoms with Gasteiger partial charge in [0, 0.05) is 0 Å². The highest BCUT2D eigenvalue weighted by Crippen LogP contribution is 2.46. The Bertz CT molecular complexity index is 209. The summed E-state index contributed by atoms with van der Waals surface area (Å²) in [6, 6.07) is 0. The molecule has 0 heterocycles. The summed E-state index contributed by atoms with van der Waals surface area (Å²) in [6.45, 7) is 15.3. The lowest BCUT2D eigenvalue weighted by molar-refractivity contribution is 0.703. The Labute approximate surface area is 131 Å². The first kappa shape index (κ1) is 20.8. The van der Waals surface area contributed by atoms with Crippen LogP contribution < -0.4 is 5.73 Å². The van der Waals surface area contributed by atoms with Crippen LogP contribution in [0.5, 0.6) is 0 Å². The van der Waals surface area contributed by atoms with Gasteiger partial charge in [0.1, 0.15) is 0 Å². The van der Waals surface area contributed by atoms with Gasteiger partial charge < -0.3 is 5.73 Å². The van der Waals surface area contributed by atoms with E-state index in [2.05, 4.69) is 41.5 Å². The average molecular weight is 319 g/mol. The van der Waals surface area contributed by atoms with E-state index in [-0.39, 0.29) is 15.8 Å². The molecule has 0 bridgehead atoms. The van der Waals surface area contributed by atoms with E-state index in [0.29, 0.717) is 0 Å². The SMILES string of the molecule is CC(C)P(CCN)CCCCCCP(C(C)C)C(C)C. The number of unbranched alkanes of at least 4 members (excludes halogenated alkanes) is 3. The third-order valence-corrected chi connectivity index (χ3v) is 10.8. The predicted molar refractivity (Wildman–Crippen MR) is 101 cm³/mol. The van der Waals surface area contributed by atoms with Crippen LogP contribution in [0.3, 0.4) is 0 Å². The molecule has 3 heteroatoms. The van der Waals surface area contributed by atoms with Crippen LogP contribution in [-0.4, -0.2) is 42.0 Å². The number of hydrogen-bond donors (Lipinski definition) is 1. The molecular formula is C17H39NP2. The summed E-state index contributed by atoms with van der Waals surface area (Å²) >= 11 is 0. The van der Waals surface area contributed by atoms with Gasteiger partial charge in [0.05, 0.1) is 0 Å². The highest BCUT2D eigenvalue weighted by molar-refractivity contribution is 7.59. The minimum absolute atomic E-state index is 0.205. The van der Waals surface area contributed by atoms with E-state index in [1.165, 1.54) is 44.2 Å². The van der Waals surface area contributed by atoms with Gasteiger partial charge in [-0.05, 0) is 54.8 Å². The molecule has 0 saturated carbocycles. The van der Waals surface area contributed by atoms with E-state index < -0.39 is 0 Å². The van der Waals surface area contributed by atoms with E-state index in [4.69, 9.17) is 5.73 Å². The van der Waals surface area contributed by atoms with Gasteiger partial charge in [0.25, 0.3) is 0 Å². The number of hydrogen-bond acceptors (Lipinski definition) is 1. The minimum atomic E-state index is 0.205. The van der Waals surface area contributed by atoms with Gasteiger partial charge in [-0.3, -0.25) is 0 Å². The van der Waals surface area contributed by atoms with Crippen molar-refractivity contribution in [1.82, 2.24) is 0 Å². The molecule has 0 aromatic rings. The van der Waals surface area contributed by atoms with E-state index in [0.717, 1.165) is 23.5 Å². The molecule has 0 aromatic carbocycles. The Morgan fingerprint density at radius 1 is 0.650 bits per heavy atom. The first-order chi connectivity index (χ1) is 9.40. The number of nitrogens with two attached hydrogens (primary N) is 1. The molecule has 0 radical (unpaired) electrons. The zero-order valence-electron chi connectivity index (χ0n) is 14.9. The summed E-state index contributed by atoms with van der Waals surface area (Å²) in [6.07, 6.45) is 10.0. The fraction of sp³-hybridized carbons (Fsp3) is 1.00. The molecule has 0 amide bonds. The maximum absolute atomic E-state index is 5.73. The predicted octanol–water partition coefficient (Wildman–Crippen LogP) is 5.69. The largest absolute Gasteiger partial charge is 0.330 e. The van der Waals surface area contributed by atoms with E-state index in [9.17, 15) is 0 Å². The third-order valence-electron chi connectivity index (χ3n) is 4.08. The Morgan fingerprint density at radius 2 is 1.15 bits per heavy atom. The second-order valence-corrected chi connectivity index (χ2v) is 13.4. The van der Waals surface area contributed by atoms with Crippen molar-refractivity contribution in [2.45, 2.75) is 84.2 Å². The number of rotatable bonds is 12. The Hall–Kier alpha value is 0.820. The first-order valence-corrected chi connectivity index (χ1v) is 12.0. The lowest BCUT2D eigenvalue weighted by atomic mass is 10.2. The zero-order chi connectivity index (χ0) is 15.5. The van der Waals surface area contributed by atoms with Crippen molar-refractivity contribution in [3.05, 3.63) is 0 Å². The van der Waals surface area contributed by atoms with Crippen LogP contribution in [0.25, 0.3) is 0 Å². The van der Waals surface area contributed by atoms with Crippen LogP contribution in [0.15, 0.2) is 0 Å². The molecule has 0 spiro atoms. The van der Waals surface area contributed by atoms with Gasteiger partial charge in [-0.15, -0.1) is 15.8 Å².